The van der Waals surface area contributed by atoms with Gasteiger partial charge in [-0.25, -0.2) is 14.4 Å². The average molecular weight is 531 g/mol. The summed E-state index contributed by atoms with van der Waals surface area (Å²) in [6, 6.07) is 21.9. The minimum absolute atomic E-state index is 0.300. The Bertz CT molecular complexity index is 1340. The van der Waals surface area contributed by atoms with Crippen molar-refractivity contribution in [3.63, 3.8) is 0 Å². The van der Waals surface area contributed by atoms with E-state index in [9.17, 15) is 14.4 Å². The van der Waals surface area contributed by atoms with Gasteiger partial charge < -0.3 is 14.2 Å². The fourth-order valence-corrected chi connectivity index (χ4v) is 4.79. The first kappa shape index (κ1) is 27.1. The molecular weight excluding hydrogens is 500 g/mol. The van der Waals surface area contributed by atoms with Gasteiger partial charge in [-0.3, -0.25) is 0 Å². The molecule has 0 amide bonds. The van der Waals surface area contributed by atoms with Crippen molar-refractivity contribution < 1.29 is 28.6 Å². The van der Waals surface area contributed by atoms with Gasteiger partial charge in [0.05, 0.1) is 17.7 Å². The maximum absolute atomic E-state index is 12.5. The molecule has 0 bridgehead atoms. The first-order valence-corrected chi connectivity index (χ1v) is 13.7. The van der Waals surface area contributed by atoms with Gasteiger partial charge >= 0.3 is 17.9 Å². The molecule has 1 aromatic heterocycles. The molecule has 0 saturated carbocycles. The van der Waals surface area contributed by atoms with Crippen LogP contribution in [-0.4, -0.2) is 24.5 Å². The van der Waals surface area contributed by atoms with E-state index in [4.69, 9.17) is 14.2 Å². The van der Waals surface area contributed by atoms with E-state index < -0.39 is 17.9 Å². The number of hydrogen-bond acceptors (Lipinski definition) is 7. The summed E-state index contributed by atoms with van der Waals surface area (Å²) in [6.45, 7) is 2.58. The highest BCUT2D eigenvalue weighted by Gasteiger charge is 2.15. The molecule has 1 heterocycles. The fraction of sp³-hybridized carbons (Fsp3) is 0.258. The number of hydrogen-bond donors (Lipinski definition) is 0. The van der Waals surface area contributed by atoms with Crippen LogP contribution in [0.4, 0.5) is 0 Å². The smallest absolute Gasteiger partial charge is 0.353 e. The molecule has 0 unspecified atom stereocenters. The molecule has 6 nitrogen and oxygen atoms in total. The minimum atomic E-state index is -0.564. The number of esters is 3. The summed E-state index contributed by atoms with van der Waals surface area (Å²) in [7, 11) is 0. The largest absolute Gasteiger partial charge is 0.462 e. The van der Waals surface area contributed by atoms with Crippen LogP contribution in [0.2, 0.25) is 0 Å². The third kappa shape index (κ3) is 7.52. The van der Waals surface area contributed by atoms with Crippen molar-refractivity contribution >= 4 is 39.3 Å². The van der Waals surface area contributed by atoms with Gasteiger partial charge in [-0.1, -0.05) is 57.2 Å². The highest BCUT2D eigenvalue weighted by Crippen LogP contribution is 2.26. The van der Waals surface area contributed by atoms with Gasteiger partial charge in [0, 0.05) is 4.70 Å². The van der Waals surface area contributed by atoms with Crippen LogP contribution >= 0.6 is 11.3 Å². The number of ether oxygens (including phenoxy) is 3. The first-order chi connectivity index (χ1) is 18.5. The molecule has 0 aliphatic carbocycles. The molecule has 0 radical (unpaired) electrons. The van der Waals surface area contributed by atoms with Crippen LogP contribution in [0.25, 0.3) is 10.1 Å². The number of rotatable bonds is 12. The Morgan fingerprint density at radius 1 is 0.658 bits per heavy atom. The monoisotopic (exact) mass is 530 g/mol. The summed E-state index contributed by atoms with van der Waals surface area (Å²) in [5.41, 5.74) is 0.703. The Kier molecular flexibility index (Phi) is 9.65. The summed E-state index contributed by atoms with van der Waals surface area (Å²) < 4.78 is 17.2. The highest BCUT2D eigenvalue weighted by molar-refractivity contribution is 7.20. The SMILES string of the molecule is CCCCCCCCOC(=O)c1ccc(OC(=O)c2ccc(OC(=O)c3cc4ccccc4s3)cc2)cc1. The van der Waals surface area contributed by atoms with E-state index >= 15 is 0 Å². The molecule has 0 atom stereocenters. The van der Waals surface area contributed by atoms with Crippen molar-refractivity contribution in [2.75, 3.05) is 6.61 Å². The van der Waals surface area contributed by atoms with Crippen LogP contribution in [0.1, 0.15) is 75.8 Å². The van der Waals surface area contributed by atoms with Crippen LogP contribution < -0.4 is 9.47 Å². The van der Waals surface area contributed by atoms with Crippen LogP contribution in [0.15, 0.2) is 78.9 Å². The van der Waals surface area contributed by atoms with Gasteiger partial charge in [0.15, 0.2) is 0 Å². The molecule has 38 heavy (non-hydrogen) atoms. The van der Waals surface area contributed by atoms with Gasteiger partial charge in [0.1, 0.15) is 16.4 Å². The Balaban J connectivity index is 1.24. The van der Waals surface area contributed by atoms with Gasteiger partial charge in [-0.05, 0) is 72.5 Å². The zero-order chi connectivity index (χ0) is 26.7. The molecule has 0 saturated heterocycles. The van der Waals surface area contributed by atoms with Crippen molar-refractivity contribution in [3.8, 4) is 11.5 Å². The molecule has 7 heteroatoms. The molecule has 4 rings (SSSR count). The predicted molar refractivity (Wildman–Crippen MR) is 148 cm³/mol. The van der Waals surface area contributed by atoms with E-state index in [1.807, 2.05) is 24.3 Å². The second kappa shape index (κ2) is 13.5. The normalized spacial score (nSPS) is 10.8. The summed E-state index contributed by atoms with van der Waals surface area (Å²) in [6.07, 6.45) is 6.73. The quantitative estimate of drug-likeness (QED) is 0.105. The topological polar surface area (TPSA) is 78.9 Å². The second-order valence-electron chi connectivity index (χ2n) is 8.88. The van der Waals surface area contributed by atoms with Crippen LogP contribution in [0, 0.1) is 0 Å². The Morgan fingerprint density at radius 3 is 1.89 bits per heavy atom. The first-order valence-electron chi connectivity index (χ1n) is 12.8. The minimum Gasteiger partial charge on any atom is -0.462 e. The number of carbonyl (C=O) groups is 3. The molecule has 0 aliphatic heterocycles. The lowest BCUT2D eigenvalue weighted by molar-refractivity contribution is 0.0497. The van der Waals surface area contributed by atoms with Crippen molar-refractivity contribution in [1.29, 1.82) is 0 Å². The van der Waals surface area contributed by atoms with Crippen LogP contribution in [-0.2, 0) is 4.74 Å². The Labute approximate surface area is 226 Å². The standard InChI is InChI=1S/C31H30O6S/c1-2-3-4-5-6-9-20-35-29(32)22-12-16-25(17-13-22)36-30(33)23-14-18-26(19-15-23)37-31(34)28-21-24-10-7-8-11-27(24)38-28/h7-8,10-19,21H,2-6,9,20H2,1H3. The molecule has 0 fully saturated rings. The van der Waals surface area contributed by atoms with Crippen LogP contribution in [0.5, 0.6) is 11.5 Å². The van der Waals surface area contributed by atoms with E-state index in [0.29, 0.717) is 34.1 Å². The average Bonchev–Trinajstić information content (AvgIpc) is 3.38. The summed E-state index contributed by atoms with van der Waals surface area (Å²) >= 11 is 1.37. The van der Waals surface area contributed by atoms with Crippen molar-refractivity contribution in [1.82, 2.24) is 0 Å². The molecule has 0 aliphatic rings. The van der Waals surface area contributed by atoms with E-state index in [1.165, 1.54) is 42.7 Å². The summed E-state index contributed by atoms with van der Waals surface area (Å²) in [4.78, 5) is 37.8. The lowest BCUT2D eigenvalue weighted by atomic mass is 10.1. The van der Waals surface area contributed by atoms with Crippen molar-refractivity contribution in [2.45, 2.75) is 45.4 Å². The van der Waals surface area contributed by atoms with E-state index in [0.717, 1.165) is 29.3 Å². The Morgan fingerprint density at radius 2 is 1.24 bits per heavy atom. The zero-order valence-electron chi connectivity index (χ0n) is 21.3. The molecule has 0 spiro atoms. The molecule has 4 aromatic rings. The van der Waals surface area contributed by atoms with Crippen LogP contribution in [0.3, 0.4) is 0 Å². The van der Waals surface area contributed by atoms with E-state index in [-0.39, 0.29) is 0 Å². The molecule has 0 N–H and O–H groups in total. The number of fused-ring (bicyclic) bond motifs is 1. The summed E-state index contributed by atoms with van der Waals surface area (Å²) in [5.74, 6) is -0.773. The number of unbranched alkanes of at least 4 members (excludes halogenated alkanes) is 5. The molecule has 3 aromatic carbocycles. The lowest BCUT2D eigenvalue weighted by Gasteiger charge is -2.08. The third-order valence-corrected chi connectivity index (χ3v) is 7.06. The van der Waals surface area contributed by atoms with Gasteiger partial charge in [-0.2, -0.15) is 0 Å². The highest BCUT2D eigenvalue weighted by atomic mass is 32.1. The van der Waals surface area contributed by atoms with Gasteiger partial charge in [-0.15, -0.1) is 11.3 Å². The fourth-order valence-electron chi connectivity index (χ4n) is 3.85. The summed E-state index contributed by atoms with van der Waals surface area (Å²) in [5, 5.41) is 0.987. The van der Waals surface area contributed by atoms with Crippen molar-refractivity contribution in [3.05, 3.63) is 94.9 Å². The molecular formula is C31H30O6S. The third-order valence-electron chi connectivity index (χ3n) is 5.96. The van der Waals surface area contributed by atoms with E-state index in [1.54, 1.807) is 42.5 Å². The Hall–Kier alpha value is -3.97. The second-order valence-corrected chi connectivity index (χ2v) is 9.96. The number of benzene rings is 3. The lowest BCUT2D eigenvalue weighted by Crippen LogP contribution is -2.10. The zero-order valence-corrected chi connectivity index (χ0v) is 22.1. The van der Waals surface area contributed by atoms with Gasteiger partial charge in [0.25, 0.3) is 0 Å². The van der Waals surface area contributed by atoms with E-state index in [2.05, 4.69) is 6.92 Å². The maximum atomic E-state index is 12.5. The van der Waals surface area contributed by atoms with Crippen molar-refractivity contribution in [2.24, 2.45) is 0 Å². The van der Waals surface area contributed by atoms with Gasteiger partial charge in [0.2, 0.25) is 0 Å². The molecule has 196 valence electrons. The maximum Gasteiger partial charge on any atom is 0.353 e. The predicted octanol–water partition coefficient (Wildman–Crippen LogP) is 7.86. The number of carbonyl (C=O) groups excluding carboxylic acids is 3. The number of thiophene rings is 1.